The molecule has 208 valence electrons. The van der Waals surface area contributed by atoms with Crippen molar-refractivity contribution in [1.29, 1.82) is 0 Å². The molecule has 0 aliphatic carbocycles. The number of aromatic nitrogens is 2. The van der Waals surface area contributed by atoms with Crippen molar-refractivity contribution in [2.24, 2.45) is 21.5 Å². The van der Waals surface area contributed by atoms with Crippen molar-refractivity contribution in [3.63, 3.8) is 0 Å². The lowest BCUT2D eigenvalue weighted by atomic mass is 9.85. The summed E-state index contributed by atoms with van der Waals surface area (Å²) in [7, 11) is 0. The van der Waals surface area contributed by atoms with Crippen LogP contribution in [0.1, 0.15) is 62.6 Å². The van der Waals surface area contributed by atoms with Crippen LogP contribution in [0.15, 0.2) is 64.0 Å². The molecule has 0 atom stereocenters. The number of hydrogen-bond acceptors (Lipinski definition) is 7. The van der Waals surface area contributed by atoms with E-state index in [9.17, 15) is 0 Å². The van der Waals surface area contributed by atoms with Crippen molar-refractivity contribution in [2.75, 3.05) is 25.0 Å². The number of likely N-dealkylation sites (tertiary alicyclic amines) is 1. The van der Waals surface area contributed by atoms with Crippen LogP contribution in [0.3, 0.4) is 0 Å². The van der Waals surface area contributed by atoms with Crippen LogP contribution in [-0.4, -0.2) is 46.6 Å². The number of nitrogens with one attached hydrogen (secondary N) is 1. The average molecular weight is 549 g/mol. The van der Waals surface area contributed by atoms with Crippen LogP contribution < -0.4 is 16.8 Å². The Balaban J connectivity index is 1.67. The van der Waals surface area contributed by atoms with E-state index in [0.717, 1.165) is 50.1 Å². The highest BCUT2D eigenvalue weighted by Crippen LogP contribution is 2.34. The molecule has 1 aromatic carbocycles. The molecule has 1 aliphatic rings. The molecule has 9 heteroatoms. The van der Waals surface area contributed by atoms with Crippen LogP contribution in [0.5, 0.6) is 0 Å². The van der Waals surface area contributed by atoms with E-state index >= 15 is 0 Å². The van der Waals surface area contributed by atoms with Crippen molar-refractivity contribution in [3.8, 4) is 0 Å². The van der Waals surface area contributed by atoms with Crippen molar-refractivity contribution >= 4 is 41.1 Å². The number of benzene rings is 1. The quantitative estimate of drug-likeness (QED) is 0.231. The predicted octanol–water partition coefficient (Wildman–Crippen LogP) is 6.46. The second kappa shape index (κ2) is 14.6. The minimum absolute atomic E-state index is 0.225. The molecule has 0 unspecified atom stereocenters. The molecule has 0 spiro atoms. The minimum atomic E-state index is 0.225. The normalized spacial score (nSPS) is 16.5. The van der Waals surface area contributed by atoms with Gasteiger partial charge < -0.3 is 16.8 Å². The largest absolute Gasteiger partial charge is 0.402 e. The first kappa shape index (κ1) is 30.1. The summed E-state index contributed by atoms with van der Waals surface area (Å²) in [6, 6.07) is 4.47. The molecule has 5 N–H and O–H groups in total. The number of aliphatic imine (C=N–C) groups is 2. The molecule has 0 bridgehead atoms. The standard InChI is InChI=1S/C30H41ClN8/c1-6-8-11-34-17-23(7-2)19-39-12-9-24(10-13-39)25-14-21(4)27(15-20(25)3)36-30-35-18-26(31)29(38-30)37-28(33)16-22(5)32/h7-8,11,14-18,24H,6,9-10,12-13,19,32H2,1-5H3,(H3,33,35,36,37,38)/b11-8+,22-16-,23-7+,34-17+. The van der Waals surface area contributed by atoms with Gasteiger partial charge in [-0.15, -0.1) is 0 Å². The van der Waals surface area contributed by atoms with Gasteiger partial charge in [0.05, 0.1) is 6.20 Å². The van der Waals surface area contributed by atoms with Crippen LogP contribution in [0, 0.1) is 13.8 Å². The first-order valence-electron chi connectivity index (χ1n) is 13.4. The summed E-state index contributed by atoms with van der Waals surface area (Å²) in [5.41, 5.74) is 18.1. The molecule has 1 aromatic heterocycles. The van der Waals surface area contributed by atoms with Gasteiger partial charge in [0, 0.05) is 30.3 Å². The van der Waals surface area contributed by atoms with E-state index in [0.29, 0.717) is 22.6 Å². The summed E-state index contributed by atoms with van der Waals surface area (Å²) < 4.78 is 0. The minimum Gasteiger partial charge on any atom is -0.402 e. The summed E-state index contributed by atoms with van der Waals surface area (Å²) in [5.74, 6) is 1.45. The van der Waals surface area contributed by atoms with Crippen molar-refractivity contribution < 1.29 is 0 Å². The van der Waals surface area contributed by atoms with Crippen LogP contribution in [0.2, 0.25) is 5.02 Å². The molecule has 1 aliphatic heterocycles. The Kier molecular flexibility index (Phi) is 11.3. The Morgan fingerprint density at radius 1 is 1.21 bits per heavy atom. The number of rotatable bonds is 10. The Morgan fingerprint density at radius 2 is 1.95 bits per heavy atom. The van der Waals surface area contributed by atoms with Gasteiger partial charge >= 0.3 is 0 Å². The number of piperidine rings is 1. The zero-order valence-corrected chi connectivity index (χ0v) is 24.5. The second-order valence-corrected chi connectivity index (χ2v) is 10.3. The van der Waals surface area contributed by atoms with Gasteiger partial charge in [-0.2, -0.15) is 4.98 Å². The maximum Gasteiger partial charge on any atom is 0.229 e. The van der Waals surface area contributed by atoms with E-state index in [-0.39, 0.29) is 11.7 Å². The molecule has 8 nitrogen and oxygen atoms in total. The second-order valence-electron chi connectivity index (χ2n) is 9.92. The van der Waals surface area contributed by atoms with Crippen molar-refractivity contribution in [1.82, 2.24) is 14.9 Å². The lowest BCUT2D eigenvalue weighted by molar-refractivity contribution is 0.230. The molecule has 2 heterocycles. The van der Waals surface area contributed by atoms with E-state index in [2.05, 4.69) is 82.1 Å². The summed E-state index contributed by atoms with van der Waals surface area (Å²) in [6.07, 6.45) is 14.4. The molecule has 39 heavy (non-hydrogen) atoms. The Labute approximate surface area is 237 Å². The molecule has 1 saturated heterocycles. The highest BCUT2D eigenvalue weighted by atomic mass is 35.5. The van der Waals surface area contributed by atoms with Gasteiger partial charge in [0.25, 0.3) is 0 Å². The molecule has 3 rings (SSSR count). The van der Waals surface area contributed by atoms with Gasteiger partial charge in [-0.25, -0.2) is 9.98 Å². The zero-order valence-electron chi connectivity index (χ0n) is 23.7. The summed E-state index contributed by atoms with van der Waals surface area (Å²) >= 11 is 6.24. The van der Waals surface area contributed by atoms with E-state index in [1.807, 2.05) is 12.4 Å². The van der Waals surface area contributed by atoms with Gasteiger partial charge in [-0.05, 0) is 100 Å². The Bertz CT molecular complexity index is 1280. The number of nitrogens with two attached hydrogens (primary N) is 2. The predicted molar refractivity (Wildman–Crippen MR) is 166 cm³/mol. The van der Waals surface area contributed by atoms with E-state index in [1.54, 1.807) is 13.0 Å². The zero-order chi connectivity index (χ0) is 28.4. The first-order chi connectivity index (χ1) is 18.7. The third kappa shape index (κ3) is 9.04. The fourth-order valence-electron chi connectivity index (χ4n) is 4.59. The molecule has 0 amide bonds. The first-order valence-corrected chi connectivity index (χ1v) is 13.8. The maximum atomic E-state index is 6.24. The monoisotopic (exact) mass is 548 g/mol. The summed E-state index contributed by atoms with van der Waals surface area (Å²) in [6.45, 7) is 13.3. The van der Waals surface area contributed by atoms with Gasteiger partial charge in [0.1, 0.15) is 10.9 Å². The fourth-order valence-corrected chi connectivity index (χ4v) is 4.72. The number of allylic oxidation sites excluding steroid dienone is 3. The van der Waals surface area contributed by atoms with Crippen LogP contribution in [-0.2, 0) is 0 Å². The van der Waals surface area contributed by atoms with Crippen LogP contribution >= 0.6 is 11.6 Å². The summed E-state index contributed by atoms with van der Waals surface area (Å²) in [5, 5.41) is 3.63. The molecule has 0 radical (unpaired) electrons. The van der Waals surface area contributed by atoms with Crippen LogP contribution in [0.4, 0.5) is 17.5 Å². The number of hydrogen-bond donors (Lipinski definition) is 3. The van der Waals surface area contributed by atoms with Crippen molar-refractivity contribution in [3.05, 3.63) is 75.7 Å². The van der Waals surface area contributed by atoms with E-state index < -0.39 is 0 Å². The molecule has 0 saturated carbocycles. The summed E-state index contributed by atoms with van der Waals surface area (Å²) in [4.78, 5) is 20.0. The van der Waals surface area contributed by atoms with Crippen LogP contribution in [0.25, 0.3) is 0 Å². The molecule has 2 aromatic rings. The van der Waals surface area contributed by atoms with Gasteiger partial charge in [0.2, 0.25) is 5.95 Å². The van der Waals surface area contributed by atoms with E-state index in [4.69, 9.17) is 23.1 Å². The number of amidine groups is 1. The number of anilines is 2. The maximum absolute atomic E-state index is 6.24. The third-order valence-corrected chi connectivity index (χ3v) is 6.93. The lowest BCUT2D eigenvalue weighted by Gasteiger charge is -2.33. The molecular formula is C30H41ClN8. The molecular weight excluding hydrogens is 508 g/mol. The topological polar surface area (TPSA) is 118 Å². The number of nitrogens with zero attached hydrogens (tertiary/aromatic N) is 5. The highest BCUT2D eigenvalue weighted by Gasteiger charge is 2.23. The van der Waals surface area contributed by atoms with Crippen molar-refractivity contribution in [2.45, 2.75) is 59.8 Å². The van der Waals surface area contributed by atoms with Gasteiger partial charge in [-0.3, -0.25) is 9.89 Å². The Hall–Kier alpha value is -3.49. The lowest BCUT2D eigenvalue weighted by Crippen LogP contribution is -2.34. The molecule has 1 fully saturated rings. The fraction of sp³-hybridized carbons (Fsp3) is 0.400. The average Bonchev–Trinajstić information content (AvgIpc) is 2.89. The third-order valence-electron chi connectivity index (χ3n) is 6.67. The van der Waals surface area contributed by atoms with Gasteiger partial charge in [-0.1, -0.05) is 36.7 Å². The van der Waals surface area contributed by atoms with Gasteiger partial charge in [0.15, 0.2) is 5.82 Å². The smallest absolute Gasteiger partial charge is 0.229 e. The number of halogens is 1. The SMILES string of the molecule is C\C=C(/C=N/C=C/CC)CN1CCC(c2cc(C)c(Nc3ncc(Cl)c(N=C(N)/C=C(/C)N)n3)cc2C)CC1. The number of aryl methyl sites for hydroxylation is 2. The van der Waals surface area contributed by atoms with E-state index in [1.165, 1.54) is 22.9 Å². The Morgan fingerprint density at radius 3 is 2.62 bits per heavy atom. The highest BCUT2D eigenvalue weighted by molar-refractivity contribution is 6.32.